The molecule has 3 nitrogen and oxygen atoms in total. The number of hydrogen-bond donors (Lipinski definition) is 2. The summed E-state index contributed by atoms with van der Waals surface area (Å²) in [5.41, 5.74) is 0.381. The Morgan fingerprint density at radius 3 is 2.41 bits per heavy atom. The molecular weight excluding hydrogens is 212 g/mol. The third-order valence-electron chi connectivity index (χ3n) is 4.38. The second-order valence-electron chi connectivity index (χ2n) is 6.05. The lowest BCUT2D eigenvalue weighted by Gasteiger charge is -2.39. The third-order valence-corrected chi connectivity index (χ3v) is 4.38. The van der Waals surface area contributed by atoms with Gasteiger partial charge in [0.1, 0.15) is 0 Å². The van der Waals surface area contributed by atoms with Crippen LogP contribution in [0.15, 0.2) is 0 Å². The summed E-state index contributed by atoms with van der Waals surface area (Å²) in [7, 11) is 2.04. The van der Waals surface area contributed by atoms with Crippen molar-refractivity contribution >= 4 is 0 Å². The highest BCUT2D eigenvalue weighted by Gasteiger charge is 2.28. The lowest BCUT2D eigenvalue weighted by atomic mass is 9.85. The Bertz CT molecular complexity index is 212. The first-order valence-electron chi connectivity index (χ1n) is 7.06. The first-order valence-corrected chi connectivity index (χ1v) is 7.06. The fourth-order valence-electron chi connectivity index (χ4n) is 2.85. The van der Waals surface area contributed by atoms with Crippen LogP contribution >= 0.6 is 0 Å². The van der Waals surface area contributed by atoms with Crippen LogP contribution in [-0.4, -0.2) is 49.3 Å². The van der Waals surface area contributed by atoms with Crippen LogP contribution in [0, 0.1) is 11.3 Å². The number of rotatable bonds is 6. The molecule has 1 rings (SSSR count). The molecule has 1 fully saturated rings. The van der Waals surface area contributed by atoms with Gasteiger partial charge >= 0.3 is 0 Å². The predicted octanol–water partition coefficient (Wildman–Crippen LogP) is 1.71. The third kappa shape index (κ3) is 4.57. The van der Waals surface area contributed by atoms with E-state index in [1.807, 2.05) is 14.0 Å². The van der Waals surface area contributed by atoms with E-state index in [-0.39, 0.29) is 6.10 Å². The van der Waals surface area contributed by atoms with E-state index < -0.39 is 0 Å². The van der Waals surface area contributed by atoms with Crippen LogP contribution in [0.2, 0.25) is 0 Å². The molecule has 17 heavy (non-hydrogen) atoms. The minimum atomic E-state index is -0.132. The molecule has 0 aromatic carbocycles. The highest BCUT2D eigenvalue weighted by atomic mass is 16.3. The second-order valence-corrected chi connectivity index (χ2v) is 6.05. The van der Waals surface area contributed by atoms with Gasteiger partial charge in [0.05, 0.1) is 6.10 Å². The maximum atomic E-state index is 9.60. The Morgan fingerprint density at radius 2 is 2.00 bits per heavy atom. The summed E-state index contributed by atoms with van der Waals surface area (Å²) in [6.07, 6.45) is 3.38. The highest BCUT2D eigenvalue weighted by molar-refractivity contribution is 4.83. The highest BCUT2D eigenvalue weighted by Crippen LogP contribution is 2.26. The molecule has 1 heterocycles. The van der Waals surface area contributed by atoms with Crippen LogP contribution < -0.4 is 5.32 Å². The van der Waals surface area contributed by atoms with E-state index in [1.165, 1.54) is 13.0 Å². The van der Waals surface area contributed by atoms with Gasteiger partial charge in [-0.1, -0.05) is 13.8 Å². The molecule has 0 saturated carbocycles. The van der Waals surface area contributed by atoms with Crippen molar-refractivity contribution in [2.24, 2.45) is 11.3 Å². The molecule has 0 bridgehead atoms. The largest absolute Gasteiger partial charge is 0.393 e. The zero-order chi connectivity index (χ0) is 12.9. The molecule has 0 radical (unpaired) electrons. The van der Waals surface area contributed by atoms with Crippen molar-refractivity contribution < 1.29 is 5.11 Å². The van der Waals surface area contributed by atoms with E-state index in [1.54, 1.807) is 0 Å². The summed E-state index contributed by atoms with van der Waals surface area (Å²) < 4.78 is 0. The molecule has 2 atom stereocenters. The Balaban J connectivity index is 2.38. The van der Waals surface area contributed by atoms with Crippen molar-refractivity contribution in [2.75, 3.05) is 33.2 Å². The summed E-state index contributed by atoms with van der Waals surface area (Å²) in [6, 6.07) is 0. The smallest absolute Gasteiger partial charge is 0.0541 e. The van der Waals surface area contributed by atoms with Gasteiger partial charge in [-0.15, -0.1) is 0 Å². The molecule has 102 valence electrons. The van der Waals surface area contributed by atoms with Gasteiger partial charge in [0.2, 0.25) is 0 Å². The van der Waals surface area contributed by atoms with E-state index in [9.17, 15) is 5.11 Å². The van der Waals surface area contributed by atoms with Crippen LogP contribution in [0.1, 0.15) is 40.0 Å². The molecule has 0 aromatic rings. The standard InChI is InChI=1S/C14H30N2O/c1-5-14(3,10-15-4)11-16-8-6-13(7-9-16)12(2)17/h12-13,15,17H,5-11H2,1-4H3. The van der Waals surface area contributed by atoms with E-state index in [2.05, 4.69) is 24.1 Å². The van der Waals surface area contributed by atoms with E-state index in [0.717, 1.165) is 32.5 Å². The molecule has 0 aliphatic carbocycles. The summed E-state index contributed by atoms with van der Waals surface area (Å²) in [4.78, 5) is 2.57. The maximum absolute atomic E-state index is 9.60. The molecule has 1 saturated heterocycles. The van der Waals surface area contributed by atoms with Crippen molar-refractivity contribution in [3.8, 4) is 0 Å². The van der Waals surface area contributed by atoms with E-state index in [0.29, 0.717) is 11.3 Å². The quantitative estimate of drug-likeness (QED) is 0.744. The zero-order valence-electron chi connectivity index (χ0n) is 12.0. The van der Waals surface area contributed by atoms with Gasteiger partial charge in [0.15, 0.2) is 0 Å². The van der Waals surface area contributed by atoms with Crippen LogP contribution in [-0.2, 0) is 0 Å². The minimum Gasteiger partial charge on any atom is -0.393 e. The predicted molar refractivity (Wildman–Crippen MR) is 73.2 cm³/mol. The average Bonchev–Trinajstić information content (AvgIpc) is 2.30. The topological polar surface area (TPSA) is 35.5 Å². The molecule has 2 N–H and O–H groups in total. The first-order chi connectivity index (χ1) is 8.00. The van der Waals surface area contributed by atoms with Crippen LogP contribution in [0.4, 0.5) is 0 Å². The molecule has 1 aliphatic heterocycles. The Kier molecular flexibility index (Phi) is 5.90. The molecule has 1 aliphatic rings. The molecule has 3 heteroatoms. The van der Waals surface area contributed by atoms with Gasteiger partial charge < -0.3 is 15.3 Å². The lowest BCUT2D eigenvalue weighted by Crippen LogP contribution is -2.45. The average molecular weight is 242 g/mol. The SMILES string of the molecule is CCC(C)(CNC)CN1CCC(C(C)O)CC1. The molecule has 0 amide bonds. The summed E-state index contributed by atoms with van der Waals surface area (Å²) in [5, 5.41) is 12.9. The van der Waals surface area contributed by atoms with Gasteiger partial charge in [-0.2, -0.15) is 0 Å². The van der Waals surface area contributed by atoms with Crippen molar-refractivity contribution in [1.29, 1.82) is 0 Å². The number of likely N-dealkylation sites (tertiary alicyclic amines) is 1. The summed E-state index contributed by atoms with van der Waals surface area (Å²) in [6.45, 7) is 11.1. The number of hydrogen-bond acceptors (Lipinski definition) is 3. The van der Waals surface area contributed by atoms with Gasteiger partial charge in [0, 0.05) is 13.1 Å². The second kappa shape index (κ2) is 6.72. The van der Waals surface area contributed by atoms with Gasteiger partial charge in [0.25, 0.3) is 0 Å². The van der Waals surface area contributed by atoms with Crippen molar-refractivity contribution in [3.63, 3.8) is 0 Å². The normalized spacial score (nSPS) is 24.5. The van der Waals surface area contributed by atoms with Crippen LogP contribution in [0.25, 0.3) is 0 Å². The maximum Gasteiger partial charge on any atom is 0.0541 e. The molecule has 2 unspecified atom stereocenters. The van der Waals surface area contributed by atoms with Crippen LogP contribution in [0.3, 0.4) is 0 Å². The summed E-state index contributed by atoms with van der Waals surface area (Å²) >= 11 is 0. The van der Waals surface area contributed by atoms with Crippen molar-refractivity contribution in [1.82, 2.24) is 10.2 Å². The number of aliphatic hydroxyl groups excluding tert-OH is 1. The van der Waals surface area contributed by atoms with E-state index in [4.69, 9.17) is 0 Å². The van der Waals surface area contributed by atoms with Crippen molar-refractivity contribution in [3.05, 3.63) is 0 Å². The van der Waals surface area contributed by atoms with E-state index >= 15 is 0 Å². The first kappa shape index (κ1) is 14.9. The van der Waals surface area contributed by atoms with Gasteiger partial charge in [-0.25, -0.2) is 0 Å². The molecular formula is C14H30N2O. The Labute approximate surface area is 107 Å². The Morgan fingerprint density at radius 1 is 1.41 bits per heavy atom. The monoisotopic (exact) mass is 242 g/mol. The minimum absolute atomic E-state index is 0.132. The fraction of sp³-hybridized carbons (Fsp3) is 1.00. The van der Waals surface area contributed by atoms with Gasteiger partial charge in [-0.05, 0) is 57.7 Å². The summed E-state index contributed by atoms with van der Waals surface area (Å²) in [5.74, 6) is 0.517. The van der Waals surface area contributed by atoms with Crippen molar-refractivity contribution in [2.45, 2.75) is 46.1 Å². The zero-order valence-corrected chi connectivity index (χ0v) is 12.0. The lowest BCUT2D eigenvalue weighted by molar-refractivity contribution is 0.0548. The number of nitrogens with zero attached hydrogens (tertiary/aromatic N) is 1. The fourth-order valence-corrected chi connectivity index (χ4v) is 2.85. The molecule has 0 spiro atoms. The number of piperidine rings is 1. The number of aliphatic hydroxyl groups is 1. The molecule has 0 aromatic heterocycles. The van der Waals surface area contributed by atoms with Crippen LogP contribution in [0.5, 0.6) is 0 Å². The number of nitrogens with one attached hydrogen (secondary N) is 1. The Hall–Kier alpha value is -0.120. The van der Waals surface area contributed by atoms with Gasteiger partial charge in [-0.3, -0.25) is 0 Å².